The van der Waals surface area contributed by atoms with Crippen LogP contribution in [0.15, 0.2) is 36.5 Å². The molecular formula is C12H18N2O. The van der Waals surface area contributed by atoms with Crippen LogP contribution in [0.3, 0.4) is 0 Å². The summed E-state index contributed by atoms with van der Waals surface area (Å²) in [7, 11) is 1.64. The number of nitrogens with zero attached hydrogens (tertiary/aromatic N) is 1. The van der Waals surface area contributed by atoms with E-state index in [4.69, 9.17) is 5.41 Å². The normalized spacial score (nSPS) is 15.0. The van der Waals surface area contributed by atoms with E-state index in [0.717, 1.165) is 17.6 Å². The van der Waals surface area contributed by atoms with Gasteiger partial charge >= 0.3 is 0 Å². The van der Waals surface area contributed by atoms with Crippen LogP contribution in [0.4, 0.5) is 0 Å². The van der Waals surface area contributed by atoms with Crippen LogP contribution in [0.2, 0.25) is 0 Å². The Bertz CT molecular complexity index is 321. The van der Waals surface area contributed by atoms with Crippen molar-refractivity contribution in [2.75, 3.05) is 7.05 Å². The van der Waals surface area contributed by atoms with Gasteiger partial charge in [0.1, 0.15) is 5.84 Å². The van der Waals surface area contributed by atoms with E-state index < -0.39 is 0 Å². The van der Waals surface area contributed by atoms with E-state index in [1.165, 1.54) is 4.90 Å². The minimum absolute atomic E-state index is 0.0185. The van der Waals surface area contributed by atoms with Gasteiger partial charge in [0.05, 0.1) is 0 Å². The molecule has 0 aliphatic carbocycles. The van der Waals surface area contributed by atoms with Crippen LogP contribution in [-0.4, -0.2) is 23.7 Å². The van der Waals surface area contributed by atoms with Crippen molar-refractivity contribution in [3.8, 4) is 0 Å². The van der Waals surface area contributed by atoms with Gasteiger partial charge < -0.3 is 0 Å². The first-order valence-electron chi connectivity index (χ1n) is 4.81. The summed E-state index contributed by atoms with van der Waals surface area (Å²) in [4.78, 5) is 12.7. The predicted octanol–water partition coefficient (Wildman–Crippen LogP) is 2.52. The molecule has 0 aromatic heterocycles. The fourth-order valence-corrected chi connectivity index (χ4v) is 1.28. The molecule has 1 aliphatic heterocycles. The molecular weight excluding hydrogens is 188 g/mol. The number of nitrogens with one attached hydrogen (secondary N) is 1. The van der Waals surface area contributed by atoms with Crippen LogP contribution >= 0.6 is 0 Å². The molecule has 0 bridgehead atoms. The molecule has 0 spiro atoms. The van der Waals surface area contributed by atoms with Crippen LogP contribution in [0.5, 0.6) is 0 Å². The molecule has 0 fully saturated rings. The SMILES string of the molecule is C=CC=C.CCC1=C(C)C(=N)N(C)C1=O. The maximum atomic E-state index is 11.3. The van der Waals surface area contributed by atoms with E-state index in [1.54, 1.807) is 19.2 Å². The molecule has 15 heavy (non-hydrogen) atoms. The van der Waals surface area contributed by atoms with E-state index in [9.17, 15) is 4.79 Å². The maximum Gasteiger partial charge on any atom is 0.255 e. The molecule has 0 saturated carbocycles. The fraction of sp³-hybridized carbons (Fsp3) is 0.333. The predicted molar refractivity (Wildman–Crippen MR) is 63.9 cm³/mol. The Balaban J connectivity index is 0.000000423. The Hall–Kier alpha value is -1.64. The largest absolute Gasteiger partial charge is 0.296 e. The quantitative estimate of drug-likeness (QED) is 0.693. The average Bonchev–Trinajstić information content (AvgIpc) is 2.44. The van der Waals surface area contributed by atoms with Crippen LogP contribution in [0.1, 0.15) is 20.3 Å². The molecule has 3 nitrogen and oxygen atoms in total. The average molecular weight is 206 g/mol. The smallest absolute Gasteiger partial charge is 0.255 e. The zero-order chi connectivity index (χ0) is 12.0. The van der Waals surface area contributed by atoms with E-state index >= 15 is 0 Å². The number of carbonyl (C=O) groups excluding carboxylic acids is 1. The summed E-state index contributed by atoms with van der Waals surface area (Å²) in [5.74, 6) is 0.321. The van der Waals surface area contributed by atoms with Crippen molar-refractivity contribution in [3.05, 3.63) is 36.5 Å². The lowest BCUT2D eigenvalue weighted by Gasteiger charge is -2.07. The van der Waals surface area contributed by atoms with Crippen molar-refractivity contribution in [1.29, 1.82) is 5.41 Å². The van der Waals surface area contributed by atoms with E-state index in [-0.39, 0.29) is 5.91 Å². The Morgan fingerprint density at radius 1 is 1.40 bits per heavy atom. The molecule has 0 radical (unpaired) electrons. The van der Waals surface area contributed by atoms with Crippen LogP contribution in [-0.2, 0) is 4.79 Å². The lowest BCUT2D eigenvalue weighted by molar-refractivity contribution is -0.122. The van der Waals surface area contributed by atoms with Crippen LogP contribution < -0.4 is 0 Å². The standard InChI is InChI=1S/C8H12N2O.C4H6/c1-4-6-5(2)7(9)10(3)8(6)11;1-3-4-2/h9H,4H2,1-3H3;3-4H,1-2H2. The summed E-state index contributed by atoms with van der Waals surface area (Å²) in [5.41, 5.74) is 1.59. The summed E-state index contributed by atoms with van der Waals surface area (Å²) in [5, 5.41) is 7.47. The highest BCUT2D eigenvalue weighted by molar-refractivity contribution is 6.19. The first-order chi connectivity index (χ1) is 7.01. The molecule has 1 amide bonds. The Morgan fingerprint density at radius 2 is 1.87 bits per heavy atom. The summed E-state index contributed by atoms with van der Waals surface area (Å²) in [6, 6.07) is 0. The third kappa shape index (κ3) is 2.91. The highest BCUT2D eigenvalue weighted by atomic mass is 16.2. The number of hydrogen-bond acceptors (Lipinski definition) is 2. The van der Waals surface area contributed by atoms with Gasteiger partial charge in [-0.2, -0.15) is 0 Å². The van der Waals surface area contributed by atoms with E-state index in [2.05, 4.69) is 13.2 Å². The van der Waals surface area contributed by atoms with Crippen molar-refractivity contribution in [2.24, 2.45) is 0 Å². The molecule has 1 rings (SSSR count). The van der Waals surface area contributed by atoms with Crippen LogP contribution in [0.25, 0.3) is 0 Å². The zero-order valence-electron chi connectivity index (χ0n) is 9.63. The first-order valence-corrected chi connectivity index (χ1v) is 4.81. The van der Waals surface area contributed by atoms with Crippen molar-refractivity contribution in [3.63, 3.8) is 0 Å². The Morgan fingerprint density at radius 3 is 2.00 bits per heavy atom. The number of rotatable bonds is 2. The van der Waals surface area contributed by atoms with Crippen molar-refractivity contribution >= 4 is 11.7 Å². The van der Waals surface area contributed by atoms with Gasteiger partial charge in [0.15, 0.2) is 0 Å². The first kappa shape index (κ1) is 13.4. The monoisotopic (exact) mass is 206 g/mol. The molecule has 0 aromatic rings. The second-order valence-electron chi connectivity index (χ2n) is 3.14. The lowest BCUT2D eigenvalue weighted by atomic mass is 10.1. The highest BCUT2D eigenvalue weighted by Crippen LogP contribution is 2.20. The molecule has 1 aliphatic rings. The van der Waals surface area contributed by atoms with Crippen molar-refractivity contribution in [2.45, 2.75) is 20.3 Å². The molecule has 1 heterocycles. The van der Waals surface area contributed by atoms with E-state index in [0.29, 0.717) is 5.84 Å². The van der Waals surface area contributed by atoms with Gasteiger partial charge in [-0.1, -0.05) is 32.2 Å². The fourth-order valence-electron chi connectivity index (χ4n) is 1.28. The van der Waals surface area contributed by atoms with Crippen molar-refractivity contribution < 1.29 is 4.79 Å². The molecule has 0 aromatic carbocycles. The summed E-state index contributed by atoms with van der Waals surface area (Å²) < 4.78 is 0. The third-order valence-electron chi connectivity index (χ3n) is 2.23. The zero-order valence-corrected chi connectivity index (χ0v) is 9.63. The minimum Gasteiger partial charge on any atom is -0.296 e. The molecule has 1 N–H and O–H groups in total. The Labute approximate surface area is 91.3 Å². The summed E-state index contributed by atoms with van der Waals surface area (Å²) in [6.07, 6.45) is 4.00. The van der Waals surface area contributed by atoms with Gasteiger partial charge in [0, 0.05) is 18.2 Å². The third-order valence-corrected chi connectivity index (χ3v) is 2.23. The Kier molecular flexibility index (Phi) is 5.31. The van der Waals surface area contributed by atoms with Gasteiger partial charge in [-0.3, -0.25) is 15.1 Å². The lowest BCUT2D eigenvalue weighted by Crippen LogP contribution is -2.26. The maximum absolute atomic E-state index is 11.3. The topological polar surface area (TPSA) is 44.2 Å². The number of amides is 1. The summed E-state index contributed by atoms with van der Waals surface area (Å²) >= 11 is 0. The molecule has 3 heteroatoms. The number of amidine groups is 1. The van der Waals surface area contributed by atoms with Crippen LogP contribution in [0, 0.1) is 5.41 Å². The summed E-state index contributed by atoms with van der Waals surface area (Å²) in [6.45, 7) is 10.5. The van der Waals surface area contributed by atoms with Gasteiger partial charge in [-0.25, -0.2) is 0 Å². The van der Waals surface area contributed by atoms with Gasteiger partial charge in [-0.05, 0) is 13.3 Å². The molecule has 0 saturated heterocycles. The van der Waals surface area contributed by atoms with Gasteiger partial charge in [0.25, 0.3) is 5.91 Å². The number of carbonyl (C=O) groups is 1. The molecule has 0 atom stereocenters. The number of allylic oxidation sites excluding steroid dienone is 2. The second-order valence-corrected chi connectivity index (χ2v) is 3.14. The van der Waals surface area contributed by atoms with Gasteiger partial charge in [-0.15, -0.1) is 0 Å². The highest BCUT2D eigenvalue weighted by Gasteiger charge is 2.28. The minimum atomic E-state index is -0.0185. The molecule has 0 unspecified atom stereocenters. The van der Waals surface area contributed by atoms with Crippen molar-refractivity contribution in [1.82, 2.24) is 4.90 Å². The van der Waals surface area contributed by atoms with E-state index in [1.807, 2.05) is 13.8 Å². The number of likely N-dealkylation sites (N-methyl/N-ethyl adjacent to an activating group) is 1. The van der Waals surface area contributed by atoms with Gasteiger partial charge in [0.2, 0.25) is 0 Å². The second kappa shape index (κ2) is 5.96. The molecule has 82 valence electrons. The number of hydrogen-bond donors (Lipinski definition) is 1.